The number of guanidine groups is 2. The van der Waals surface area contributed by atoms with Crippen molar-refractivity contribution in [1.29, 1.82) is 0 Å². The van der Waals surface area contributed by atoms with E-state index in [1.165, 1.54) is 25.0 Å². The first-order chi connectivity index (χ1) is 10.6. The highest BCUT2D eigenvalue weighted by Crippen LogP contribution is 2.09. The third-order valence-electron chi connectivity index (χ3n) is 3.75. The van der Waals surface area contributed by atoms with E-state index < -0.39 is 0 Å². The number of nitrogens with zero attached hydrogens (tertiary/aromatic N) is 3. The Hall–Kier alpha value is -2.11. The van der Waals surface area contributed by atoms with E-state index in [1.807, 2.05) is 0 Å². The Kier molecular flexibility index (Phi) is 6.18. The third-order valence-corrected chi connectivity index (χ3v) is 3.75. The number of benzene rings is 1. The number of aliphatic imine (C=N–C) groups is 2. The molecule has 5 nitrogen and oxygen atoms in total. The van der Waals surface area contributed by atoms with E-state index >= 15 is 0 Å². The first-order valence-corrected chi connectivity index (χ1v) is 7.78. The zero-order valence-electron chi connectivity index (χ0n) is 12.8. The van der Waals surface area contributed by atoms with Crippen molar-refractivity contribution in [3.05, 3.63) is 35.6 Å². The summed E-state index contributed by atoms with van der Waals surface area (Å²) in [7, 11) is 0. The number of hydrogen-bond donors (Lipinski definition) is 2. The molecule has 1 aromatic carbocycles. The van der Waals surface area contributed by atoms with Gasteiger partial charge in [-0.2, -0.15) is 4.99 Å². The lowest BCUT2D eigenvalue weighted by molar-refractivity contribution is 0.431. The molecule has 1 aliphatic rings. The van der Waals surface area contributed by atoms with Crippen molar-refractivity contribution in [2.75, 3.05) is 19.6 Å². The maximum atomic E-state index is 12.8. The Labute approximate surface area is 130 Å². The summed E-state index contributed by atoms with van der Waals surface area (Å²) in [6, 6.07) is 6.38. The molecule has 1 saturated heterocycles. The van der Waals surface area contributed by atoms with Crippen LogP contribution in [0.1, 0.15) is 31.2 Å². The minimum atomic E-state index is -0.235. The van der Waals surface area contributed by atoms with Gasteiger partial charge in [0, 0.05) is 19.6 Å². The second kappa shape index (κ2) is 8.36. The number of nitrogens with two attached hydrogens (primary N) is 2. The van der Waals surface area contributed by atoms with Gasteiger partial charge >= 0.3 is 0 Å². The van der Waals surface area contributed by atoms with E-state index in [9.17, 15) is 4.39 Å². The molecule has 1 fully saturated rings. The highest BCUT2D eigenvalue weighted by atomic mass is 19.1. The van der Waals surface area contributed by atoms with Gasteiger partial charge in [-0.3, -0.25) is 4.99 Å². The van der Waals surface area contributed by atoms with E-state index in [1.54, 1.807) is 12.1 Å². The molecule has 0 bridgehead atoms. The quantitative estimate of drug-likeness (QED) is 0.661. The van der Waals surface area contributed by atoms with Crippen molar-refractivity contribution in [2.24, 2.45) is 21.5 Å². The van der Waals surface area contributed by atoms with Gasteiger partial charge in [0.15, 0.2) is 5.96 Å². The standard InChI is InChI=1S/C16H24FN5/c17-14-7-5-13(6-8-14)9-10-20-15(18)21-16(19)22-11-3-1-2-4-12-22/h5-8H,1-4,9-12H2,(H4,18,19,20,21). The van der Waals surface area contributed by atoms with Crippen LogP contribution in [0, 0.1) is 5.82 Å². The van der Waals surface area contributed by atoms with Crippen molar-refractivity contribution >= 4 is 11.9 Å². The predicted molar refractivity (Wildman–Crippen MR) is 88.3 cm³/mol. The van der Waals surface area contributed by atoms with Crippen LogP contribution in [0.5, 0.6) is 0 Å². The van der Waals surface area contributed by atoms with Gasteiger partial charge in [-0.25, -0.2) is 4.39 Å². The van der Waals surface area contributed by atoms with Crippen LogP contribution < -0.4 is 11.5 Å². The fourth-order valence-electron chi connectivity index (χ4n) is 2.47. The molecule has 6 heteroatoms. The number of halogens is 1. The molecule has 1 aromatic rings. The first-order valence-electron chi connectivity index (χ1n) is 7.78. The Morgan fingerprint density at radius 1 is 1.05 bits per heavy atom. The topological polar surface area (TPSA) is 80.0 Å². The van der Waals surface area contributed by atoms with Crippen molar-refractivity contribution < 1.29 is 4.39 Å². The van der Waals surface area contributed by atoms with Crippen molar-refractivity contribution in [3.8, 4) is 0 Å². The molecule has 0 aromatic heterocycles. The molecule has 1 heterocycles. The second-order valence-electron chi connectivity index (χ2n) is 5.49. The van der Waals surface area contributed by atoms with Crippen LogP contribution in [0.4, 0.5) is 4.39 Å². The number of hydrogen-bond acceptors (Lipinski definition) is 1. The van der Waals surface area contributed by atoms with Crippen molar-refractivity contribution in [1.82, 2.24) is 4.90 Å². The van der Waals surface area contributed by atoms with Gasteiger partial charge < -0.3 is 16.4 Å². The van der Waals surface area contributed by atoms with E-state index in [4.69, 9.17) is 11.5 Å². The van der Waals surface area contributed by atoms with Gasteiger partial charge in [0.25, 0.3) is 0 Å². The van der Waals surface area contributed by atoms with Crippen molar-refractivity contribution in [2.45, 2.75) is 32.1 Å². The molecular weight excluding hydrogens is 281 g/mol. The van der Waals surface area contributed by atoms with Crippen LogP contribution in [-0.4, -0.2) is 36.5 Å². The van der Waals surface area contributed by atoms with Gasteiger partial charge in [0.2, 0.25) is 5.96 Å². The summed E-state index contributed by atoms with van der Waals surface area (Å²) in [6.45, 7) is 2.37. The van der Waals surface area contributed by atoms with Gasteiger partial charge in [-0.05, 0) is 37.0 Å². The summed E-state index contributed by atoms with van der Waals surface area (Å²) in [6.07, 6.45) is 5.45. The number of likely N-dealkylation sites (tertiary alicyclic amines) is 1. The molecule has 4 N–H and O–H groups in total. The maximum absolute atomic E-state index is 12.8. The van der Waals surface area contributed by atoms with E-state index in [0.717, 1.165) is 31.5 Å². The molecular formula is C16H24FN5. The lowest BCUT2D eigenvalue weighted by Crippen LogP contribution is -2.39. The van der Waals surface area contributed by atoms with Gasteiger partial charge in [-0.1, -0.05) is 25.0 Å². The zero-order chi connectivity index (χ0) is 15.8. The average molecular weight is 305 g/mol. The molecule has 0 saturated carbocycles. The van der Waals surface area contributed by atoms with Crippen LogP contribution in [0.15, 0.2) is 34.3 Å². The summed E-state index contributed by atoms with van der Waals surface area (Å²) >= 11 is 0. The van der Waals surface area contributed by atoms with Gasteiger partial charge in [0.1, 0.15) is 5.82 Å². The summed E-state index contributed by atoms with van der Waals surface area (Å²) < 4.78 is 12.8. The zero-order valence-corrected chi connectivity index (χ0v) is 12.8. The highest BCUT2D eigenvalue weighted by Gasteiger charge is 2.11. The molecule has 0 unspecified atom stereocenters. The first kappa shape index (κ1) is 16.3. The fourth-order valence-corrected chi connectivity index (χ4v) is 2.47. The third kappa shape index (κ3) is 5.35. The maximum Gasteiger partial charge on any atom is 0.218 e. The van der Waals surface area contributed by atoms with Crippen LogP contribution >= 0.6 is 0 Å². The summed E-state index contributed by atoms with van der Waals surface area (Å²) in [5, 5.41) is 0. The SMILES string of the molecule is NC(=NCCc1ccc(F)cc1)N=C(N)N1CCCCCC1. The summed E-state index contributed by atoms with van der Waals surface area (Å²) in [4.78, 5) is 10.4. The minimum absolute atomic E-state index is 0.198. The molecule has 2 rings (SSSR count). The Bertz CT molecular complexity index is 516. The lowest BCUT2D eigenvalue weighted by atomic mass is 10.1. The number of rotatable bonds is 3. The minimum Gasteiger partial charge on any atom is -0.369 e. The Morgan fingerprint density at radius 2 is 1.68 bits per heavy atom. The predicted octanol–water partition coefficient (Wildman–Crippen LogP) is 1.87. The van der Waals surface area contributed by atoms with E-state index in [0.29, 0.717) is 18.9 Å². The van der Waals surface area contributed by atoms with E-state index in [2.05, 4.69) is 14.9 Å². The average Bonchev–Trinajstić information content (AvgIpc) is 2.78. The van der Waals surface area contributed by atoms with Crippen LogP contribution in [0.3, 0.4) is 0 Å². The summed E-state index contributed by atoms with van der Waals surface area (Å²) in [5.74, 6) is 0.412. The molecule has 0 spiro atoms. The van der Waals surface area contributed by atoms with Crippen LogP contribution in [0.2, 0.25) is 0 Å². The monoisotopic (exact) mass is 305 g/mol. The van der Waals surface area contributed by atoms with Gasteiger partial charge in [0.05, 0.1) is 0 Å². The van der Waals surface area contributed by atoms with Crippen molar-refractivity contribution in [3.63, 3.8) is 0 Å². The highest BCUT2D eigenvalue weighted by molar-refractivity contribution is 5.93. The molecule has 1 aliphatic heterocycles. The van der Waals surface area contributed by atoms with Gasteiger partial charge in [-0.15, -0.1) is 0 Å². The molecule has 0 aliphatic carbocycles. The Morgan fingerprint density at radius 3 is 2.32 bits per heavy atom. The molecule has 0 atom stereocenters. The lowest BCUT2D eigenvalue weighted by Gasteiger charge is -2.20. The second-order valence-corrected chi connectivity index (χ2v) is 5.49. The molecule has 22 heavy (non-hydrogen) atoms. The normalized spacial score (nSPS) is 17.4. The largest absolute Gasteiger partial charge is 0.369 e. The molecule has 120 valence electrons. The van der Waals surface area contributed by atoms with E-state index in [-0.39, 0.29) is 11.8 Å². The molecule has 0 amide bonds. The smallest absolute Gasteiger partial charge is 0.218 e. The Balaban J connectivity index is 1.85. The van der Waals surface area contributed by atoms with Crippen LogP contribution in [-0.2, 0) is 6.42 Å². The van der Waals surface area contributed by atoms with Crippen LogP contribution in [0.25, 0.3) is 0 Å². The molecule has 0 radical (unpaired) electrons. The fraction of sp³-hybridized carbons (Fsp3) is 0.500. The summed E-state index contributed by atoms with van der Waals surface area (Å²) in [5.41, 5.74) is 12.8.